The average molecular weight is 184 g/mol. The Kier molecular flexibility index (Phi) is 2.55. The van der Waals surface area contributed by atoms with Crippen LogP contribution in [0, 0.1) is 16.0 Å². The van der Waals surface area contributed by atoms with Crippen molar-refractivity contribution in [1.29, 1.82) is 0 Å². The van der Waals surface area contributed by atoms with Gasteiger partial charge in [0.2, 0.25) is 6.04 Å². The molecule has 0 spiro atoms. The van der Waals surface area contributed by atoms with Gasteiger partial charge in [0.15, 0.2) is 0 Å². The van der Waals surface area contributed by atoms with Crippen molar-refractivity contribution in [2.45, 2.75) is 13.0 Å². The van der Waals surface area contributed by atoms with Crippen LogP contribution in [0.25, 0.3) is 0 Å². The molecule has 1 aliphatic carbocycles. The van der Waals surface area contributed by atoms with Gasteiger partial charge >= 0.3 is 0 Å². The van der Waals surface area contributed by atoms with E-state index in [0.29, 0.717) is 11.5 Å². The van der Waals surface area contributed by atoms with Gasteiger partial charge in [-0.15, -0.1) is 0 Å². The molecule has 0 saturated heterocycles. The average Bonchev–Trinajstić information content (AvgIpc) is 2.04. The van der Waals surface area contributed by atoms with E-state index in [1.165, 1.54) is 19.3 Å². The van der Waals surface area contributed by atoms with Gasteiger partial charge in [-0.25, -0.2) is 0 Å². The molecule has 2 N–H and O–H groups in total. The lowest BCUT2D eigenvalue weighted by atomic mass is 9.94. The van der Waals surface area contributed by atoms with Gasteiger partial charge in [-0.1, -0.05) is 0 Å². The quantitative estimate of drug-likeness (QED) is 0.505. The van der Waals surface area contributed by atoms with Gasteiger partial charge in [-0.3, -0.25) is 10.1 Å². The van der Waals surface area contributed by atoms with Crippen molar-refractivity contribution >= 4 is 0 Å². The molecular formula is C8H12N2O3. The Morgan fingerprint density at radius 3 is 2.77 bits per heavy atom. The van der Waals surface area contributed by atoms with Crippen LogP contribution in [0.1, 0.15) is 6.92 Å². The van der Waals surface area contributed by atoms with Gasteiger partial charge in [-0.2, -0.15) is 0 Å². The molecule has 0 aromatic heterocycles. The summed E-state index contributed by atoms with van der Waals surface area (Å²) in [6, 6.07) is -0.734. The van der Waals surface area contributed by atoms with Gasteiger partial charge in [0.25, 0.3) is 0 Å². The molecule has 5 nitrogen and oxygen atoms in total. The second-order valence-corrected chi connectivity index (χ2v) is 2.95. The molecule has 2 atom stereocenters. The molecule has 0 amide bonds. The van der Waals surface area contributed by atoms with Gasteiger partial charge in [0.05, 0.1) is 18.7 Å². The third kappa shape index (κ3) is 1.63. The zero-order chi connectivity index (χ0) is 10.0. The minimum absolute atomic E-state index is 0.301. The number of rotatable bonds is 2. The Bertz CT molecular complexity index is 283. The zero-order valence-corrected chi connectivity index (χ0v) is 7.56. The fourth-order valence-electron chi connectivity index (χ4n) is 1.43. The Labute approximate surface area is 76.0 Å². The predicted molar refractivity (Wildman–Crippen MR) is 47.3 cm³/mol. The van der Waals surface area contributed by atoms with E-state index in [-0.39, 0.29) is 10.8 Å². The third-order valence-corrected chi connectivity index (χ3v) is 2.15. The van der Waals surface area contributed by atoms with Crippen LogP contribution in [-0.2, 0) is 4.74 Å². The zero-order valence-electron chi connectivity index (χ0n) is 7.56. The van der Waals surface area contributed by atoms with Crippen LogP contribution in [0.4, 0.5) is 0 Å². The second kappa shape index (κ2) is 3.47. The first-order valence-electron chi connectivity index (χ1n) is 3.93. The molecule has 1 aliphatic rings. The molecule has 0 radical (unpaired) electrons. The summed E-state index contributed by atoms with van der Waals surface area (Å²) in [7, 11) is 1.47. The third-order valence-electron chi connectivity index (χ3n) is 2.15. The Hall–Kier alpha value is -1.52. The number of methoxy groups -OCH3 is 1. The van der Waals surface area contributed by atoms with Crippen LogP contribution >= 0.6 is 0 Å². The maximum Gasteiger partial charge on any atom is 0.241 e. The Balaban J connectivity index is 2.95. The molecular weight excluding hydrogens is 172 g/mol. The highest BCUT2D eigenvalue weighted by Gasteiger charge is 2.32. The van der Waals surface area contributed by atoms with Crippen molar-refractivity contribution in [1.82, 2.24) is 0 Å². The van der Waals surface area contributed by atoms with E-state index in [1.54, 1.807) is 6.92 Å². The molecule has 13 heavy (non-hydrogen) atoms. The topological polar surface area (TPSA) is 78.4 Å². The maximum atomic E-state index is 10.6. The monoisotopic (exact) mass is 184 g/mol. The highest BCUT2D eigenvalue weighted by Crippen LogP contribution is 2.25. The number of hydrogen-bond donors (Lipinski definition) is 1. The van der Waals surface area contributed by atoms with Crippen LogP contribution in [0.2, 0.25) is 0 Å². The number of allylic oxidation sites excluding steroid dienone is 1. The highest BCUT2D eigenvalue weighted by atomic mass is 16.6. The van der Waals surface area contributed by atoms with Crippen LogP contribution < -0.4 is 5.73 Å². The molecule has 0 aliphatic heterocycles. The summed E-state index contributed by atoms with van der Waals surface area (Å²) in [5.74, 6) is 0.189. The van der Waals surface area contributed by atoms with Gasteiger partial charge < -0.3 is 10.5 Å². The van der Waals surface area contributed by atoms with Crippen LogP contribution in [0.5, 0.6) is 0 Å². The first-order chi connectivity index (χ1) is 6.07. The van der Waals surface area contributed by atoms with Crippen molar-refractivity contribution in [3.63, 3.8) is 0 Å². The summed E-state index contributed by atoms with van der Waals surface area (Å²) in [5.41, 5.74) is 6.05. The predicted octanol–water partition coefficient (Wildman–Crippen LogP) is 0.654. The van der Waals surface area contributed by atoms with E-state index >= 15 is 0 Å². The lowest BCUT2D eigenvalue weighted by Gasteiger charge is -2.21. The maximum absolute atomic E-state index is 10.6. The summed E-state index contributed by atoms with van der Waals surface area (Å²) >= 11 is 0. The molecule has 5 heteroatoms. The van der Waals surface area contributed by atoms with Gasteiger partial charge in [0, 0.05) is 4.92 Å². The van der Waals surface area contributed by atoms with E-state index in [2.05, 4.69) is 0 Å². The highest BCUT2D eigenvalue weighted by molar-refractivity contribution is 5.27. The minimum Gasteiger partial charge on any atom is -0.498 e. The summed E-state index contributed by atoms with van der Waals surface area (Å²) in [6.45, 7) is 1.72. The largest absolute Gasteiger partial charge is 0.498 e. The number of nitrogens with two attached hydrogens (primary N) is 1. The number of nitrogens with zero attached hydrogens (tertiary/aromatic N) is 1. The Morgan fingerprint density at radius 2 is 2.31 bits per heavy atom. The molecule has 0 aromatic carbocycles. The number of ether oxygens (including phenoxy) is 1. The van der Waals surface area contributed by atoms with Crippen molar-refractivity contribution in [3.8, 4) is 0 Å². The van der Waals surface area contributed by atoms with Crippen molar-refractivity contribution < 1.29 is 9.66 Å². The molecule has 0 heterocycles. The van der Waals surface area contributed by atoms with E-state index in [4.69, 9.17) is 10.5 Å². The lowest BCUT2D eigenvalue weighted by molar-refractivity contribution is -0.517. The summed E-state index contributed by atoms with van der Waals surface area (Å²) in [5, 5.41) is 10.6. The molecule has 0 aromatic rings. The van der Waals surface area contributed by atoms with Crippen LogP contribution in [0.3, 0.4) is 0 Å². The standard InChI is InChI=1S/C8H12N2O3/c1-5-7(10(11)12)4-3-6(9)8(5)13-2/h3-5,7H,9H2,1-2H3. The molecule has 0 saturated carbocycles. The molecule has 2 unspecified atom stereocenters. The van der Waals surface area contributed by atoms with Crippen molar-refractivity contribution in [3.05, 3.63) is 33.7 Å². The molecule has 1 rings (SSSR count). The van der Waals surface area contributed by atoms with Crippen LogP contribution in [0.15, 0.2) is 23.6 Å². The summed E-state index contributed by atoms with van der Waals surface area (Å²) < 4.78 is 5.00. The van der Waals surface area contributed by atoms with E-state index < -0.39 is 6.04 Å². The van der Waals surface area contributed by atoms with Crippen molar-refractivity contribution in [2.75, 3.05) is 7.11 Å². The summed E-state index contributed by atoms with van der Waals surface area (Å²) in [4.78, 5) is 10.2. The van der Waals surface area contributed by atoms with E-state index in [1.807, 2.05) is 0 Å². The Morgan fingerprint density at radius 1 is 1.69 bits per heavy atom. The first kappa shape index (κ1) is 9.57. The van der Waals surface area contributed by atoms with Crippen LogP contribution in [-0.4, -0.2) is 18.1 Å². The summed E-state index contributed by atoms with van der Waals surface area (Å²) in [6.07, 6.45) is 3.01. The van der Waals surface area contributed by atoms with E-state index in [0.717, 1.165) is 0 Å². The van der Waals surface area contributed by atoms with Gasteiger partial charge in [-0.05, 0) is 19.1 Å². The SMILES string of the molecule is COC1=C(N)C=CC([N+](=O)[O-])C1C. The molecule has 72 valence electrons. The number of hydrogen-bond acceptors (Lipinski definition) is 4. The smallest absolute Gasteiger partial charge is 0.241 e. The first-order valence-corrected chi connectivity index (χ1v) is 3.93. The molecule has 0 fully saturated rings. The fourth-order valence-corrected chi connectivity index (χ4v) is 1.43. The normalized spacial score (nSPS) is 27.5. The number of nitro groups is 1. The molecule has 0 bridgehead atoms. The lowest BCUT2D eigenvalue weighted by Crippen LogP contribution is -2.31. The fraction of sp³-hybridized carbons (Fsp3) is 0.500. The van der Waals surface area contributed by atoms with Gasteiger partial charge in [0.1, 0.15) is 5.76 Å². The van der Waals surface area contributed by atoms with Crippen molar-refractivity contribution in [2.24, 2.45) is 11.7 Å². The minimum atomic E-state index is -0.734. The second-order valence-electron chi connectivity index (χ2n) is 2.95. The van der Waals surface area contributed by atoms with E-state index in [9.17, 15) is 10.1 Å².